The van der Waals surface area contributed by atoms with Gasteiger partial charge in [0.15, 0.2) is 0 Å². The Morgan fingerprint density at radius 3 is 2.21 bits per heavy atom. The number of aliphatic hydroxyl groups is 1. The SMILES string of the molecule is O=C1C=C(O)c2ccccc2C1=O.[Na+]. The molecule has 1 aromatic carbocycles. The number of allylic oxidation sites excluding steroid dienone is 1. The zero-order valence-electron chi connectivity index (χ0n) is 7.65. The molecule has 14 heavy (non-hydrogen) atoms. The van der Waals surface area contributed by atoms with Gasteiger partial charge in [0.2, 0.25) is 11.6 Å². The molecule has 1 N–H and O–H groups in total. The third kappa shape index (κ3) is 1.66. The molecule has 0 saturated heterocycles. The van der Waals surface area contributed by atoms with Gasteiger partial charge in [0.05, 0.1) is 0 Å². The molecule has 3 nitrogen and oxygen atoms in total. The van der Waals surface area contributed by atoms with Crippen LogP contribution in [-0.4, -0.2) is 16.7 Å². The third-order valence-electron chi connectivity index (χ3n) is 1.94. The zero-order valence-corrected chi connectivity index (χ0v) is 9.65. The number of benzene rings is 1. The van der Waals surface area contributed by atoms with E-state index in [9.17, 15) is 14.7 Å². The predicted octanol–water partition coefficient (Wildman–Crippen LogP) is -1.65. The van der Waals surface area contributed by atoms with Crippen LogP contribution in [0.25, 0.3) is 5.76 Å². The summed E-state index contributed by atoms with van der Waals surface area (Å²) in [5.74, 6) is -1.37. The van der Waals surface area contributed by atoms with Gasteiger partial charge < -0.3 is 5.11 Å². The predicted molar refractivity (Wildman–Crippen MR) is 46.4 cm³/mol. The number of aliphatic hydroxyl groups excluding tert-OH is 1. The van der Waals surface area contributed by atoms with Gasteiger partial charge in [0, 0.05) is 17.2 Å². The Hall–Kier alpha value is -0.900. The Morgan fingerprint density at radius 1 is 1.00 bits per heavy atom. The van der Waals surface area contributed by atoms with Gasteiger partial charge in [-0.2, -0.15) is 0 Å². The van der Waals surface area contributed by atoms with Gasteiger partial charge in [-0.3, -0.25) is 9.59 Å². The van der Waals surface area contributed by atoms with Crippen LogP contribution in [0.3, 0.4) is 0 Å². The maximum atomic E-state index is 11.3. The van der Waals surface area contributed by atoms with Crippen LogP contribution in [0.15, 0.2) is 30.3 Å². The number of fused-ring (bicyclic) bond motifs is 1. The van der Waals surface area contributed by atoms with Gasteiger partial charge in [-0.05, 0) is 0 Å². The van der Waals surface area contributed by atoms with Gasteiger partial charge in [0.25, 0.3) is 0 Å². The molecule has 4 heteroatoms. The molecule has 1 aromatic rings. The first-order valence-corrected chi connectivity index (χ1v) is 3.79. The summed E-state index contributed by atoms with van der Waals surface area (Å²) in [6.45, 7) is 0. The normalized spacial score (nSPS) is 14.1. The molecule has 2 rings (SSSR count). The van der Waals surface area contributed by atoms with E-state index >= 15 is 0 Å². The van der Waals surface area contributed by atoms with Gasteiger partial charge in [-0.1, -0.05) is 24.3 Å². The second-order valence-electron chi connectivity index (χ2n) is 2.77. The number of Topliss-reactive ketones (excluding diaryl/α,β-unsaturated/α-hetero) is 1. The number of carbonyl (C=O) groups is 2. The van der Waals surface area contributed by atoms with Crippen molar-refractivity contribution in [3.05, 3.63) is 41.5 Å². The number of hydrogen-bond acceptors (Lipinski definition) is 3. The fourth-order valence-corrected chi connectivity index (χ4v) is 1.30. The summed E-state index contributed by atoms with van der Waals surface area (Å²) in [6, 6.07) is 6.48. The van der Waals surface area contributed by atoms with E-state index in [-0.39, 0.29) is 40.9 Å². The first-order chi connectivity index (χ1) is 6.20. The topological polar surface area (TPSA) is 54.4 Å². The smallest absolute Gasteiger partial charge is 0.507 e. The molecule has 64 valence electrons. The van der Waals surface area contributed by atoms with Crippen LogP contribution in [0.4, 0.5) is 0 Å². The van der Waals surface area contributed by atoms with Gasteiger partial charge in [0.1, 0.15) is 5.76 Å². The van der Waals surface area contributed by atoms with Crippen molar-refractivity contribution in [2.24, 2.45) is 0 Å². The van der Waals surface area contributed by atoms with Crippen LogP contribution in [-0.2, 0) is 4.79 Å². The molecule has 0 atom stereocenters. The fourth-order valence-electron chi connectivity index (χ4n) is 1.30. The molecule has 0 unspecified atom stereocenters. The Bertz CT molecular complexity index is 435. The first-order valence-electron chi connectivity index (χ1n) is 3.79. The van der Waals surface area contributed by atoms with E-state index in [1.807, 2.05) is 0 Å². The molecule has 1 aliphatic rings. The van der Waals surface area contributed by atoms with E-state index in [0.717, 1.165) is 6.08 Å². The standard InChI is InChI=1S/C10H6O3.Na/c11-8-5-9(12)10(13)7-4-2-1-3-6(7)8;/h1-5,11H;/q;+1. The number of ketones is 2. The van der Waals surface area contributed by atoms with Crippen molar-refractivity contribution in [2.75, 3.05) is 0 Å². The van der Waals surface area contributed by atoms with Crippen molar-refractivity contribution in [1.82, 2.24) is 0 Å². The van der Waals surface area contributed by atoms with Crippen molar-refractivity contribution in [3.8, 4) is 0 Å². The minimum Gasteiger partial charge on any atom is -0.507 e. The summed E-state index contributed by atoms with van der Waals surface area (Å²) in [6.07, 6.45) is 0.949. The van der Waals surface area contributed by atoms with Gasteiger partial charge in [-0.15, -0.1) is 0 Å². The molecule has 0 saturated carbocycles. The molecular weight excluding hydrogens is 191 g/mol. The number of rotatable bonds is 0. The maximum absolute atomic E-state index is 11.3. The fraction of sp³-hybridized carbons (Fsp3) is 0. The average molecular weight is 197 g/mol. The van der Waals surface area contributed by atoms with Crippen molar-refractivity contribution < 1.29 is 44.3 Å². The molecular formula is C10H6NaO3+. The Morgan fingerprint density at radius 2 is 1.57 bits per heavy atom. The molecule has 0 spiro atoms. The Kier molecular flexibility index (Phi) is 3.26. The summed E-state index contributed by atoms with van der Waals surface area (Å²) in [7, 11) is 0. The van der Waals surface area contributed by atoms with Gasteiger partial charge in [-0.25, -0.2) is 0 Å². The quantitative estimate of drug-likeness (QED) is 0.400. The number of hydrogen-bond donors (Lipinski definition) is 1. The van der Waals surface area contributed by atoms with E-state index in [2.05, 4.69) is 0 Å². The second kappa shape index (κ2) is 4.09. The van der Waals surface area contributed by atoms with Crippen molar-refractivity contribution in [2.45, 2.75) is 0 Å². The van der Waals surface area contributed by atoms with E-state index in [4.69, 9.17) is 0 Å². The van der Waals surface area contributed by atoms with Crippen LogP contribution in [0.2, 0.25) is 0 Å². The molecule has 0 bridgehead atoms. The molecule has 0 aromatic heterocycles. The monoisotopic (exact) mass is 197 g/mol. The summed E-state index contributed by atoms with van der Waals surface area (Å²) in [5.41, 5.74) is 0.694. The largest absolute Gasteiger partial charge is 1.00 e. The van der Waals surface area contributed by atoms with E-state index < -0.39 is 11.6 Å². The van der Waals surface area contributed by atoms with Crippen LogP contribution >= 0.6 is 0 Å². The molecule has 1 aliphatic carbocycles. The number of carbonyl (C=O) groups excluding carboxylic acids is 2. The zero-order chi connectivity index (χ0) is 9.42. The van der Waals surface area contributed by atoms with E-state index in [1.54, 1.807) is 18.2 Å². The summed E-state index contributed by atoms with van der Waals surface area (Å²) >= 11 is 0. The Labute approximate surface area is 103 Å². The summed E-state index contributed by atoms with van der Waals surface area (Å²) in [4.78, 5) is 22.2. The minimum atomic E-state index is -0.670. The molecule has 0 amide bonds. The van der Waals surface area contributed by atoms with E-state index in [1.165, 1.54) is 6.07 Å². The van der Waals surface area contributed by atoms with Crippen LogP contribution < -0.4 is 29.6 Å². The second-order valence-corrected chi connectivity index (χ2v) is 2.77. The van der Waals surface area contributed by atoms with Crippen LogP contribution in [0.1, 0.15) is 15.9 Å². The van der Waals surface area contributed by atoms with Crippen molar-refractivity contribution >= 4 is 17.3 Å². The maximum Gasteiger partial charge on any atom is 1.00 e. The van der Waals surface area contributed by atoms with Crippen molar-refractivity contribution in [1.29, 1.82) is 0 Å². The Balaban J connectivity index is 0.000000980. The summed E-state index contributed by atoms with van der Waals surface area (Å²) < 4.78 is 0. The first kappa shape index (κ1) is 11.2. The molecule has 0 radical (unpaired) electrons. The summed E-state index contributed by atoms with van der Waals surface area (Å²) in [5, 5.41) is 9.34. The van der Waals surface area contributed by atoms with Crippen LogP contribution in [0, 0.1) is 0 Å². The average Bonchev–Trinajstić information content (AvgIpc) is 2.15. The minimum absolute atomic E-state index is 0. The van der Waals surface area contributed by atoms with Crippen LogP contribution in [0.5, 0.6) is 0 Å². The van der Waals surface area contributed by atoms with E-state index in [0.29, 0.717) is 5.56 Å². The molecule has 0 heterocycles. The van der Waals surface area contributed by atoms with Crippen molar-refractivity contribution in [3.63, 3.8) is 0 Å². The van der Waals surface area contributed by atoms with Gasteiger partial charge >= 0.3 is 29.6 Å². The molecule has 0 aliphatic heterocycles. The third-order valence-corrected chi connectivity index (χ3v) is 1.94. The molecule has 0 fully saturated rings.